The van der Waals surface area contributed by atoms with Gasteiger partial charge in [-0.1, -0.05) is 60.2 Å². The van der Waals surface area contributed by atoms with E-state index in [1.807, 2.05) is 61.5 Å². The molecular weight excluding hydrogens is 322 g/mol. The average molecular weight is 339 g/mol. The predicted molar refractivity (Wildman–Crippen MR) is 96.8 cm³/mol. The van der Waals surface area contributed by atoms with Gasteiger partial charge in [0.2, 0.25) is 0 Å². The summed E-state index contributed by atoms with van der Waals surface area (Å²) in [6.07, 6.45) is 1.54. The molecule has 0 spiro atoms. The molecule has 0 unspecified atom stereocenters. The summed E-state index contributed by atoms with van der Waals surface area (Å²) < 4.78 is 26.7. The molecule has 0 amide bonds. The summed E-state index contributed by atoms with van der Waals surface area (Å²) in [5, 5.41) is 7.97. The minimum atomic E-state index is -3.62. The quantitative estimate of drug-likeness (QED) is 0.742. The van der Waals surface area contributed by atoms with Gasteiger partial charge in [0.1, 0.15) is 0 Å². The van der Waals surface area contributed by atoms with Gasteiger partial charge in [0, 0.05) is 6.07 Å². The molecule has 0 aliphatic rings. The highest BCUT2D eigenvalue weighted by molar-refractivity contribution is 7.95. The zero-order chi connectivity index (χ0) is 17.0. The number of rotatable bonds is 5. The molecule has 2 aromatic carbocycles. The highest BCUT2D eigenvalue weighted by Crippen LogP contribution is 2.20. The molecule has 1 heterocycles. The second kappa shape index (κ2) is 6.72. The van der Waals surface area contributed by atoms with Crippen molar-refractivity contribution in [2.45, 2.75) is 6.92 Å². The van der Waals surface area contributed by atoms with Gasteiger partial charge >= 0.3 is 0 Å². The number of nitrogens with zero attached hydrogens (tertiary/aromatic N) is 1. The molecule has 0 saturated heterocycles. The Balaban J connectivity index is 1.74. The summed E-state index contributed by atoms with van der Waals surface area (Å²) in [5.41, 5.74) is 3.66. The molecule has 3 rings (SSSR count). The van der Waals surface area contributed by atoms with Crippen LogP contribution in [0.3, 0.4) is 0 Å². The molecule has 0 bridgehead atoms. The van der Waals surface area contributed by atoms with E-state index in [4.69, 9.17) is 0 Å². The van der Waals surface area contributed by atoms with Gasteiger partial charge in [-0.25, -0.2) is 8.42 Å². The van der Waals surface area contributed by atoms with Crippen molar-refractivity contribution in [1.82, 2.24) is 10.2 Å². The van der Waals surface area contributed by atoms with E-state index >= 15 is 0 Å². The van der Waals surface area contributed by atoms with Crippen LogP contribution in [0.5, 0.6) is 0 Å². The second-order valence-electron chi connectivity index (χ2n) is 5.39. The Kier molecular flexibility index (Phi) is 4.48. The second-order valence-corrected chi connectivity index (χ2v) is 6.96. The van der Waals surface area contributed by atoms with Crippen molar-refractivity contribution in [3.63, 3.8) is 0 Å². The highest BCUT2D eigenvalue weighted by Gasteiger charge is 2.09. The van der Waals surface area contributed by atoms with Gasteiger partial charge in [0.15, 0.2) is 5.82 Å². The third kappa shape index (κ3) is 4.11. The molecule has 0 fully saturated rings. The van der Waals surface area contributed by atoms with E-state index in [-0.39, 0.29) is 5.82 Å². The van der Waals surface area contributed by atoms with Crippen molar-refractivity contribution in [2.75, 3.05) is 4.72 Å². The van der Waals surface area contributed by atoms with E-state index in [1.165, 1.54) is 6.08 Å². The zero-order valence-corrected chi connectivity index (χ0v) is 13.9. The fourth-order valence-electron chi connectivity index (χ4n) is 2.17. The first kappa shape index (κ1) is 16.0. The van der Waals surface area contributed by atoms with Crippen molar-refractivity contribution in [2.24, 2.45) is 0 Å². The van der Waals surface area contributed by atoms with Crippen LogP contribution < -0.4 is 4.72 Å². The summed E-state index contributed by atoms with van der Waals surface area (Å²) in [6.45, 7) is 2.01. The summed E-state index contributed by atoms with van der Waals surface area (Å²) in [4.78, 5) is 0. The van der Waals surface area contributed by atoms with Crippen LogP contribution >= 0.6 is 0 Å². The van der Waals surface area contributed by atoms with Gasteiger partial charge < -0.3 is 0 Å². The van der Waals surface area contributed by atoms with Crippen molar-refractivity contribution >= 4 is 21.9 Å². The summed E-state index contributed by atoms with van der Waals surface area (Å²) >= 11 is 0. The first-order valence-corrected chi connectivity index (χ1v) is 8.95. The monoisotopic (exact) mass is 339 g/mol. The maximum atomic E-state index is 12.1. The van der Waals surface area contributed by atoms with Crippen molar-refractivity contribution in [1.29, 1.82) is 0 Å². The molecule has 24 heavy (non-hydrogen) atoms. The summed E-state index contributed by atoms with van der Waals surface area (Å²) in [5.74, 6) is 0.253. The fourth-order valence-corrected chi connectivity index (χ4v) is 2.97. The lowest BCUT2D eigenvalue weighted by Gasteiger charge is -1.99. The molecule has 0 aliphatic heterocycles. The van der Waals surface area contributed by atoms with Gasteiger partial charge in [0.25, 0.3) is 10.0 Å². The molecule has 3 aromatic rings. The lowest BCUT2D eigenvalue weighted by Crippen LogP contribution is -2.09. The Morgan fingerprint density at radius 3 is 2.46 bits per heavy atom. The number of hydrogen-bond donors (Lipinski definition) is 2. The Bertz CT molecular complexity index is 943. The topological polar surface area (TPSA) is 74.8 Å². The zero-order valence-electron chi connectivity index (χ0n) is 13.1. The van der Waals surface area contributed by atoms with E-state index < -0.39 is 10.0 Å². The van der Waals surface area contributed by atoms with Crippen molar-refractivity contribution < 1.29 is 8.42 Å². The van der Waals surface area contributed by atoms with E-state index in [0.29, 0.717) is 0 Å². The Morgan fingerprint density at radius 1 is 1.04 bits per heavy atom. The van der Waals surface area contributed by atoms with Gasteiger partial charge in [-0.2, -0.15) is 5.10 Å². The van der Waals surface area contributed by atoms with Crippen LogP contribution in [-0.4, -0.2) is 18.6 Å². The molecule has 0 saturated carbocycles. The number of hydrogen-bond acceptors (Lipinski definition) is 3. The lowest BCUT2D eigenvalue weighted by molar-refractivity contribution is 0.609. The van der Waals surface area contributed by atoms with Crippen molar-refractivity contribution in [3.05, 3.63) is 77.2 Å². The lowest BCUT2D eigenvalue weighted by atomic mass is 10.1. The number of aromatic nitrogens is 2. The number of nitrogens with one attached hydrogen (secondary N) is 2. The number of anilines is 1. The molecule has 6 heteroatoms. The number of benzene rings is 2. The SMILES string of the molecule is Cc1ccc(-c2cc(NS(=O)(=O)C=Cc3ccccc3)n[nH]2)cc1. The molecule has 122 valence electrons. The van der Waals surface area contributed by atoms with Crippen LogP contribution in [0.1, 0.15) is 11.1 Å². The minimum Gasteiger partial charge on any atom is -0.276 e. The number of aryl methyl sites for hydroxylation is 1. The van der Waals surface area contributed by atoms with Crippen LogP contribution in [0, 0.1) is 6.92 Å². The van der Waals surface area contributed by atoms with Crippen LogP contribution in [0.4, 0.5) is 5.82 Å². The van der Waals surface area contributed by atoms with Crippen LogP contribution in [-0.2, 0) is 10.0 Å². The van der Waals surface area contributed by atoms with Gasteiger partial charge in [-0.05, 0) is 24.1 Å². The average Bonchev–Trinajstić information content (AvgIpc) is 3.02. The standard InChI is InChI=1S/C18H17N3O2S/c1-14-7-9-16(10-8-14)17-13-18(20-19-17)21-24(22,23)12-11-15-5-3-2-4-6-15/h2-13H,1H3,(H2,19,20,21). The maximum absolute atomic E-state index is 12.1. The largest absolute Gasteiger partial charge is 0.276 e. The first-order valence-electron chi connectivity index (χ1n) is 7.40. The number of aromatic amines is 1. The first-order chi connectivity index (χ1) is 11.5. The maximum Gasteiger partial charge on any atom is 0.256 e. The number of sulfonamides is 1. The third-order valence-electron chi connectivity index (χ3n) is 3.43. The van der Waals surface area contributed by atoms with Crippen molar-refractivity contribution in [3.8, 4) is 11.3 Å². The molecule has 0 radical (unpaired) electrons. The van der Waals surface area contributed by atoms with E-state index in [1.54, 1.807) is 6.07 Å². The highest BCUT2D eigenvalue weighted by atomic mass is 32.2. The summed E-state index contributed by atoms with van der Waals surface area (Å²) in [6, 6.07) is 18.8. The molecule has 2 N–H and O–H groups in total. The molecule has 1 aromatic heterocycles. The van der Waals surface area contributed by atoms with E-state index in [0.717, 1.165) is 27.8 Å². The third-order valence-corrected chi connectivity index (χ3v) is 4.41. The van der Waals surface area contributed by atoms with Gasteiger partial charge in [-0.15, -0.1) is 0 Å². The molecule has 0 atom stereocenters. The smallest absolute Gasteiger partial charge is 0.256 e. The number of H-pyrrole nitrogens is 1. The normalized spacial score (nSPS) is 11.7. The Hall–Kier alpha value is -2.86. The van der Waals surface area contributed by atoms with Gasteiger partial charge in [0.05, 0.1) is 11.1 Å². The molecular formula is C18H17N3O2S. The minimum absolute atomic E-state index is 0.253. The van der Waals surface area contributed by atoms with E-state index in [2.05, 4.69) is 14.9 Å². The predicted octanol–water partition coefficient (Wildman–Crippen LogP) is 3.80. The van der Waals surface area contributed by atoms with Crippen LogP contribution in [0.25, 0.3) is 17.3 Å². The Labute approximate surface area is 141 Å². The Morgan fingerprint density at radius 2 is 1.75 bits per heavy atom. The fraction of sp³-hybridized carbons (Fsp3) is 0.0556. The molecule has 0 aliphatic carbocycles. The summed E-state index contributed by atoms with van der Waals surface area (Å²) in [7, 11) is -3.62. The van der Waals surface area contributed by atoms with Crippen LogP contribution in [0.2, 0.25) is 0 Å². The van der Waals surface area contributed by atoms with E-state index in [9.17, 15) is 8.42 Å². The molecule has 5 nitrogen and oxygen atoms in total. The van der Waals surface area contributed by atoms with Gasteiger partial charge in [-0.3, -0.25) is 9.82 Å². The van der Waals surface area contributed by atoms with Crippen LogP contribution in [0.15, 0.2) is 66.1 Å².